The highest BCUT2D eigenvalue weighted by molar-refractivity contribution is 5.77. The van der Waals surface area contributed by atoms with Crippen molar-refractivity contribution in [3.63, 3.8) is 0 Å². The van der Waals surface area contributed by atoms with Crippen LogP contribution in [0.3, 0.4) is 0 Å². The zero-order valence-electron chi connectivity index (χ0n) is 13.3. The second-order valence-corrected chi connectivity index (χ2v) is 4.88. The van der Waals surface area contributed by atoms with Gasteiger partial charge in [-0.2, -0.15) is 0 Å². The summed E-state index contributed by atoms with van der Waals surface area (Å²) in [6.07, 6.45) is 0. The summed E-state index contributed by atoms with van der Waals surface area (Å²) >= 11 is 0. The molecule has 1 amide bonds. The van der Waals surface area contributed by atoms with Crippen LogP contribution in [0.5, 0.6) is 11.5 Å². The predicted octanol–water partition coefficient (Wildman–Crippen LogP) is 2.55. The SMILES string of the molecule is COc1ccccc1C#CCNC(=O)COc1cccc(C)c1. The number of ether oxygens (including phenoxy) is 2. The summed E-state index contributed by atoms with van der Waals surface area (Å²) < 4.78 is 10.6. The van der Waals surface area contributed by atoms with Gasteiger partial charge in [-0.05, 0) is 36.8 Å². The number of methoxy groups -OCH3 is 1. The normalized spacial score (nSPS) is 9.48. The zero-order chi connectivity index (χ0) is 16.5. The highest BCUT2D eigenvalue weighted by Crippen LogP contribution is 2.15. The van der Waals surface area contributed by atoms with Gasteiger partial charge in [-0.15, -0.1) is 0 Å². The van der Waals surface area contributed by atoms with Crippen LogP contribution in [0.2, 0.25) is 0 Å². The molecule has 0 bridgehead atoms. The Morgan fingerprint density at radius 1 is 1.17 bits per heavy atom. The average molecular weight is 309 g/mol. The first-order valence-electron chi connectivity index (χ1n) is 7.27. The molecule has 0 saturated heterocycles. The lowest BCUT2D eigenvalue weighted by molar-refractivity contribution is -0.122. The van der Waals surface area contributed by atoms with Gasteiger partial charge in [0.15, 0.2) is 6.61 Å². The average Bonchev–Trinajstić information content (AvgIpc) is 2.57. The van der Waals surface area contributed by atoms with Gasteiger partial charge in [0.05, 0.1) is 19.2 Å². The van der Waals surface area contributed by atoms with Crippen LogP contribution in [0.1, 0.15) is 11.1 Å². The van der Waals surface area contributed by atoms with Gasteiger partial charge >= 0.3 is 0 Å². The molecule has 2 aromatic rings. The van der Waals surface area contributed by atoms with E-state index in [0.29, 0.717) is 11.5 Å². The highest BCUT2D eigenvalue weighted by atomic mass is 16.5. The van der Waals surface area contributed by atoms with Gasteiger partial charge in [0.2, 0.25) is 0 Å². The van der Waals surface area contributed by atoms with Crippen LogP contribution in [-0.2, 0) is 4.79 Å². The first kappa shape index (κ1) is 16.4. The number of aryl methyl sites for hydroxylation is 1. The summed E-state index contributed by atoms with van der Waals surface area (Å²) in [6, 6.07) is 15.1. The first-order chi connectivity index (χ1) is 11.2. The van der Waals surface area contributed by atoms with Crippen molar-refractivity contribution in [1.82, 2.24) is 5.32 Å². The maximum Gasteiger partial charge on any atom is 0.258 e. The Labute approximate surface area is 136 Å². The third-order valence-corrected chi connectivity index (χ3v) is 3.06. The molecule has 23 heavy (non-hydrogen) atoms. The minimum Gasteiger partial charge on any atom is -0.495 e. The minimum absolute atomic E-state index is 0.0280. The molecule has 0 aromatic heterocycles. The summed E-state index contributed by atoms with van der Waals surface area (Å²) in [5, 5.41) is 2.70. The Morgan fingerprint density at radius 3 is 2.78 bits per heavy atom. The summed E-state index contributed by atoms with van der Waals surface area (Å²) in [4.78, 5) is 11.7. The van der Waals surface area contributed by atoms with Crippen LogP contribution in [0.25, 0.3) is 0 Å². The van der Waals surface area contributed by atoms with Gasteiger partial charge in [-0.3, -0.25) is 4.79 Å². The van der Waals surface area contributed by atoms with Gasteiger partial charge < -0.3 is 14.8 Å². The molecule has 0 unspecified atom stereocenters. The Bertz CT molecular complexity index is 729. The van der Waals surface area contributed by atoms with Crippen LogP contribution in [0.4, 0.5) is 0 Å². The molecule has 2 rings (SSSR count). The maximum atomic E-state index is 11.7. The van der Waals surface area contributed by atoms with Crippen LogP contribution in [-0.4, -0.2) is 26.2 Å². The van der Waals surface area contributed by atoms with Crippen LogP contribution in [0, 0.1) is 18.8 Å². The third-order valence-electron chi connectivity index (χ3n) is 3.06. The van der Waals surface area contributed by atoms with Crippen molar-refractivity contribution in [2.75, 3.05) is 20.3 Å². The molecule has 0 aliphatic carbocycles. The van der Waals surface area contributed by atoms with Gasteiger partial charge in [0, 0.05) is 0 Å². The molecular weight excluding hydrogens is 290 g/mol. The molecule has 0 heterocycles. The standard InChI is InChI=1S/C19H19NO3/c1-15-7-5-10-17(13-15)23-14-19(21)20-12-6-9-16-8-3-4-11-18(16)22-2/h3-5,7-8,10-11,13H,12,14H2,1-2H3,(H,20,21). The van der Waals surface area contributed by atoms with E-state index < -0.39 is 0 Å². The number of amides is 1. The molecule has 0 saturated carbocycles. The molecule has 118 valence electrons. The lowest BCUT2D eigenvalue weighted by atomic mass is 10.2. The van der Waals surface area contributed by atoms with Crippen molar-refractivity contribution < 1.29 is 14.3 Å². The number of benzene rings is 2. The van der Waals surface area contributed by atoms with Crippen molar-refractivity contribution in [3.8, 4) is 23.3 Å². The van der Waals surface area contributed by atoms with Gasteiger partial charge in [0.25, 0.3) is 5.91 Å². The summed E-state index contributed by atoms with van der Waals surface area (Å²) in [6.45, 7) is 2.20. The van der Waals surface area contributed by atoms with Crippen LogP contribution < -0.4 is 14.8 Å². The maximum absolute atomic E-state index is 11.7. The van der Waals surface area contributed by atoms with Crippen molar-refractivity contribution in [1.29, 1.82) is 0 Å². The monoisotopic (exact) mass is 309 g/mol. The predicted molar refractivity (Wildman–Crippen MR) is 89.6 cm³/mol. The van der Waals surface area contributed by atoms with E-state index >= 15 is 0 Å². The smallest absolute Gasteiger partial charge is 0.258 e. The Kier molecular flexibility index (Phi) is 6.07. The molecule has 1 N–H and O–H groups in total. The lowest BCUT2D eigenvalue weighted by Crippen LogP contribution is -2.29. The van der Waals surface area contributed by atoms with E-state index in [1.54, 1.807) is 7.11 Å². The largest absolute Gasteiger partial charge is 0.495 e. The third kappa shape index (κ3) is 5.40. The van der Waals surface area contributed by atoms with Crippen molar-refractivity contribution in [3.05, 3.63) is 59.7 Å². The number of hydrogen-bond acceptors (Lipinski definition) is 3. The molecule has 0 spiro atoms. The fourth-order valence-electron chi connectivity index (χ4n) is 1.94. The zero-order valence-corrected chi connectivity index (χ0v) is 13.3. The van der Waals surface area contributed by atoms with Gasteiger partial charge in [-0.1, -0.05) is 36.1 Å². The second-order valence-electron chi connectivity index (χ2n) is 4.88. The van der Waals surface area contributed by atoms with Gasteiger partial charge in [0.1, 0.15) is 11.5 Å². The molecule has 0 aliphatic heterocycles. The van der Waals surface area contributed by atoms with Crippen LogP contribution >= 0.6 is 0 Å². The minimum atomic E-state index is -0.208. The number of nitrogens with one attached hydrogen (secondary N) is 1. The molecule has 0 radical (unpaired) electrons. The van der Waals surface area contributed by atoms with Crippen molar-refractivity contribution >= 4 is 5.91 Å². The van der Waals surface area contributed by atoms with E-state index in [-0.39, 0.29) is 19.1 Å². The fourth-order valence-corrected chi connectivity index (χ4v) is 1.94. The first-order valence-corrected chi connectivity index (χ1v) is 7.27. The van der Waals surface area contributed by atoms with Gasteiger partial charge in [-0.25, -0.2) is 0 Å². The summed E-state index contributed by atoms with van der Waals surface area (Å²) in [7, 11) is 1.60. The highest BCUT2D eigenvalue weighted by Gasteiger charge is 2.01. The molecular formula is C19H19NO3. The second kappa shape index (κ2) is 8.50. The van der Waals surface area contributed by atoms with Crippen LogP contribution in [0.15, 0.2) is 48.5 Å². The van der Waals surface area contributed by atoms with E-state index in [1.807, 2.05) is 55.5 Å². The molecule has 0 fully saturated rings. The number of para-hydroxylation sites is 1. The molecule has 0 aliphatic rings. The summed E-state index contributed by atoms with van der Waals surface area (Å²) in [5.74, 6) is 7.06. The van der Waals surface area contributed by atoms with E-state index in [4.69, 9.17) is 9.47 Å². The van der Waals surface area contributed by atoms with E-state index in [0.717, 1.165) is 11.1 Å². The fraction of sp³-hybridized carbons (Fsp3) is 0.211. The van der Waals surface area contributed by atoms with E-state index in [9.17, 15) is 4.79 Å². The molecule has 4 nitrogen and oxygen atoms in total. The molecule has 0 atom stereocenters. The summed E-state index contributed by atoms with van der Waals surface area (Å²) in [5.41, 5.74) is 1.88. The lowest BCUT2D eigenvalue weighted by Gasteiger charge is -2.06. The topological polar surface area (TPSA) is 47.6 Å². The van der Waals surface area contributed by atoms with Crippen molar-refractivity contribution in [2.45, 2.75) is 6.92 Å². The number of carbonyl (C=O) groups excluding carboxylic acids is 1. The van der Waals surface area contributed by atoms with E-state index in [1.165, 1.54) is 0 Å². The molecule has 2 aromatic carbocycles. The Morgan fingerprint density at radius 2 is 2.00 bits per heavy atom. The number of carbonyl (C=O) groups is 1. The molecule has 4 heteroatoms. The Balaban J connectivity index is 1.78. The quantitative estimate of drug-likeness (QED) is 0.864. The number of hydrogen-bond donors (Lipinski definition) is 1. The van der Waals surface area contributed by atoms with E-state index in [2.05, 4.69) is 17.2 Å². The number of rotatable bonds is 5. The van der Waals surface area contributed by atoms with Crippen molar-refractivity contribution in [2.24, 2.45) is 0 Å². The Hall–Kier alpha value is -2.93.